The Morgan fingerprint density at radius 3 is 2.63 bits per heavy atom. The van der Waals surface area contributed by atoms with Crippen molar-refractivity contribution in [3.63, 3.8) is 0 Å². The van der Waals surface area contributed by atoms with Gasteiger partial charge in [0.1, 0.15) is 0 Å². The number of urea groups is 1. The number of rotatable bonds is 6. The number of para-hydroxylation sites is 2. The summed E-state index contributed by atoms with van der Waals surface area (Å²) < 4.78 is 2.16. The fourth-order valence-corrected chi connectivity index (χ4v) is 4.06. The standard InChI is InChI=1S/C20H20N4O2S/c1-14-7-9-15(10-8-14)24-17-6-3-2-5-16(17)22-20(24)27-12-4-11-23-18(25)13-21-19(23)26/h2-3,5-10H,4,11-13H2,1H3,(H,21,26). The van der Waals surface area contributed by atoms with Gasteiger partial charge in [0.2, 0.25) is 5.91 Å². The monoisotopic (exact) mass is 380 g/mol. The van der Waals surface area contributed by atoms with E-state index in [1.165, 1.54) is 10.5 Å². The van der Waals surface area contributed by atoms with E-state index in [0.717, 1.165) is 34.1 Å². The second kappa shape index (κ2) is 7.44. The Kier molecular flexibility index (Phi) is 4.85. The predicted molar refractivity (Wildman–Crippen MR) is 106 cm³/mol. The summed E-state index contributed by atoms with van der Waals surface area (Å²) in [7, 11) is 0. The number of imide groups is 1. The number of aryl methyl sites for hydroxylation is 1. The summed E-state index contributed by atoms with van der Waals surface area (Å²) in [6, 6.07) is 16.2. The van der Waals surface area contributed by atoms with Crippen LogP contribution in [0.25, 0.3) is 16.7 Å². The van der Waals surface area contributed by atoms with Gasteiger partial charge in [-0.3, -0.25) is 14.3 Å². The molecular weight excluding hydrogens is 360 g/mol. The number of carbonyl (C=O) groups is 2. The minimum atomic E-state index is -0.295. The molecule has 1 aliphatic heterocycles. The molecule has 3 aromatic rings. The Morgan fingerprint density at radius 2 is 1.89 bits per heavy atom. The maximum Gasteiger partial charge on any atom is 0.324 e. The van der Waals surface area contributed by atoms with Crippen molar-refractivity contribution in [1.29, 1.82) is 0 Å². The summed E-state index contributed by atoms with van der Waals surface area (Å²) >= 11 is 1.64. The summed E-state index contributed by atoms with van der Waals surface area (Å²) in [5.74, 6) is 0.614. The van der Waals surface area contributed by atoms with Gasteiger partial charge in [-0.15, -0.1) is 0 Å². The molecule has 0 radical (unpaired) electrons. The molecule has 4 rings (SSSR count). The van der Waals surface area contributed by atoms with E-state index in [1.807, 2.05) is 18.2 Å². The van der Waals surface area contributed by atoms with Crippen molar-refractivity contribution in [2.75, 3.05) is 18.8 Å². The van der Waals surface area contributed by atoms with Gasteiger partial charge in [0, 0.05) is 18.0 Å². The molecule has 0 bridgehead atoms. The van der Waals surface area contributed by atoms with Crippen LogP contribution in [0.2, 0.25) is 0 Å². The molecule has 0 atom stereocenters. The van der Waals surface area contributed by atoms with Crippen molar-refractivity contribution in [1.82, 2.24) is 19.8 Å². The number of hydrogen-bond donors (Lipinski definition) is 1. The molecule has 138 valence electrons. The molecule has 27 heavy (non-hydrogen) atoms. The van der Waals surface area contributed by atoms with Crippen molar-refractivity contribution in [2.24, 2.45) is 0 Å². The number of amides is 3. The van der Waals surface area contributed by atoms with Crippen molar-refractivity contribution in [3.05, 3.63) is 54.1 Å². The second-order valence-electron chi connectivity index (χ2n) is 6.46. The van der Waals surface area contributed by atoms with Crippen LogP contribution in [0, 0.1) is 6.92 Å². The molecule has 0 spiro atoms. The average Bonchev–Trinajstić information content (AvgIpc) is 3.20. The summed E-state index contributed by atoms with van der Waals surface area (Å²) in [4.78, 5) is 29.3. The minimum absolute atomic E-state index is 0.106. The van der Waals surface area contributed by atoms with Crippen LogP contribution >= 0.6 is 11.8 Å². The van der Waals surface area contributed by atoms with Gasteiger partial charge in [0.05, 0.1) is 17.6 Å². The maximum absolute atomic E-state index is 11.7. The van der Waals surface area contributed by atoms with Crippen molar-refractivity contribution < 1.29 is 9.59 Å². The van der Waals surface area contributed by atoms with Crippen molar-refractivity contribution >= 4 is 34.7 Å². The van der Waals surface area contributed by atoms with Gasteiger partial charge in [-0.25, -0.2) is 9.78 Å². The zero-order chi connectivity index (χ0) is 18.8. The minimum Gasteiger partial charge on any atom is -0.329 e. The van der Waals surface area contributed by atoms with Crippen molar-refractivity contribution in [2.45, 2.75) is 18.5 Å². The molecule has 0 unspecified atom stereocenters. The fourth-order valence-electron chi connectivity index (χ4n) is 3.11. The summed E-state index contributed by atoms with van der Waals surface area (Å²) in [5, 5.41) is 3.46. The molecule has 1 aliphatic rings. The molecule has 3 amide bonds. The number of nitrogens with zero attached hydrogens (tertiary/aromatic N) is 3. The van der Waals surface area contributed by atoms with Gasteiger partial charge in [-0.2, -0.15) is 0 Å². The molecule has 6 nitrogen and oxygen atoms in total. The molecular formula is C20H20N4O2S. The normalized spacial score (nSPS) is 14.2. The van der Waals surface area contributed by atoms with Crippen molar-refractivity contribution in [3.8, 4) is 5.69 Å². The first-order valence-corrected chi connectivity index (χ1v) is 9.87. The van der Waals surface area contributed by atoms with E-state index in [0.29, 0.717) is 6.54 Å². The van der Waals surface area contributed by atoms with Crippen LogP contribution in [0.3, 0.4) is 0 Å². The van der Waals surface area contributed by atoms with E-state index in [-0.39, 0.29) is 18.5 Å². The highest BCUT2D eigenvalue weighted by molar-refractivity contribution is 7.99. The molecule has 1 N–H and O–H groups in total. The highest BCUT2D eigenvalue weighted by Crippen LogP contribution is 2.28. The number of benzene rings is 2. The zero-order valence-electron chi connectivity index (χ0n) is 15.0. The summed E-state index contributed by atoms with van der Waals surface area (Å²) in [6.07, 6.45) is 0.723. The van der Waals surface area contributed by atoms with Gasteiger partial charge in [0.15, 0.2) is 5.16 Å². The molecule has 0 aliphatic carbocycles. The Hall–Kier alpha value is -2.80. The van der Waals surface area contributed by atoms with Crippen LogP contribution in [0.1, 0.15) is 12.0 Å². The number of carbonyl (C=O) groups excluding carboxylic acids is 2. The predicted octanol–water partition coefficient (Wildman–Crippen LogP) is 3.37. The highest BCUT2D eigenvalue weighted by Gasteiger charge is 2.27. The zero-order valence-corrected chi connectivity index (χ0v) is 15.8. The number of thioether (sulfide) groups is 1. The second-order valence-corrected chi connectivity index (χ2v) is 7.52. The lowest BCUT2D eigenvalue weighted by Gasteiger charge is -2.12. The molecule has 1 aromatic heterocycles. The third-order valence-electron chi connectivity index (χ3n) is 4.52. The summed E-state index contributed by atoms with van der Waals surface area (Å²) in [5.41, 5.74) is 4.31. The van der Waals surface area contributed by atoms with Crippen LogP contribution in [0.4, 0.5) is 4.79 Å². The first-order chi connectivity index (χ1) is 13.1. The highest BCUT2D eigenvalue weighted by atomic mass is 32.2. The molecule has 1 saturated heterocycles. The number of aromatic nitrogens is 2. The third kappa shape index (κ3) is 3.55. The fraction of sp³-hybridized carbons (Fsp3) is 0.250. The lowest BCUT2D eigenvalue weighted by molar-refractivity contribution is -0.124. The number of nitrogens with one attached hydrogen (secondary N) is 1. The molecule has 0 saturated carbocycles. The largest absolute Gasteiger partial charge is 0.329 e. The van der Waals surface area contributed by atoms with Crippen LogP contribution < -0.4 is 5.32 Å². The first-order valence-electron chi connectivity index (χ1n) is 8.89. The van der Waals surface area contributed by atoms with Gasteiger partial charge >= 0.3 is 6.03 Å². The summed E-state index contributed by atoms with van der Waals surface area (Å²) in [6.45, 7) is 2.61. The van der Waals surface area contributed by atoms with E-state index in [1.54, 1.807) is 11.8 Å². The Balaban J connectivity index is 1.53. The molecule has 2 heterocycles. The average molecular weight is 380 g/mol. The van der Waals surface area contributed by atoms with Crippen LogP contribution in [0.15, 0.2) is 53.7 Å². The van der Waals surface area contributed by atoms with Gasteiger partial charge < -0.3 is 5.32 Å². The van der Waals surface area contributed by atoms with E-state index in [2.05, 4.69) is 47.1 Å². The quantitative estimate of drug-likeness (QED) is 0.404. The Labute approximate surface area is 161 Å². The van der Waals surface area contributed by atoms with Crippen LogP contribution in [-0.2, 0) is 4.79 Å². The van der Waals surface area contributed by atoms with Crippen LogP contribution in [-0.4, -0.2) is 45.2 Å². The molecule has 1 fully saturated rings. The van der Waals surface area contributed by atoms with E-state index < -0.39 is 0 Å². The lowest BCUT2D eigenvalue weighted by Crippen LogP contribution is -2.32. The first kappa shape index (κ1) is 17.6. The lowest BCUT2D eigenvalue weighted by atomic mass is 10.2. The Morgan fingerprint density at radius 1 is 1.11 bits per heavy atom. The smallest absolute Gasteiger partial charge is 0.324 e. The Bertz CT molecular complexity index is 981. The topological polar surface area (TPSA) is 67.2 Å². The SMILES string of the molecule is Cc1ccc(-n2c(SCCCN3C(=O)CNC3=O)nc3ccccc32)cc1. The van der Waals surface area contributed by atoms with Crippen LogP contribution in [0.5, 0.6) is 0 Å². The number of imidazole rings is 1. The van der Waals surface area contributed by atoms with E-state index in [9.17, 15) is 9.59 Å². The maximum atomic E-state index is 11.7. The molecule has 2 aromatic carbocycles. The van der Waals surface area contributed by atoms with Gasteiger partial charge in [0.25, 0.3) is 0 Å². The van der Waals surface area contributed by atoms with E-state index in [4.69, 9.17) is 4.98 Å². The van der Waals surface area contributed by atoms with Gasteiger partial charge in [-0.05, 0) is 37.6 Å². The molecule has 7 heteroatoms. The number of hydrogen-bond acceptors (Lipinski definition) is 4. The number of fused-ring (bicyclic) bond motifs is 1. The van der Waals surface area contributed by atoms with Gasteiger partial charge in [-0.1, -0.05) is 41.6 Å². The third-order valence-corrected chi connectivity index (χ3v) is 5.54. The van der Waals surface area contributed by atoms with E-state index >= 15 is 0 Å².